The van der Waals surface area contributed by atoms with Crippen LogP contribution in [0.5, 0.6) is 0 Å². The molecule has 2 N–H and O–H groups in total. The number of nitrogens with zero attached hydrogens (tertiary/aromatic N) is 3. The number of aliphatic hydroxyl groups excluding tert-OH is 1. The zero-order chi connectivity index (χ0) is 15.4. The highest BCUT2D eigenvalue weighted by atomic mass is 16.4. The number of hydrogen-bond donors (Lipinski definition) is 2. The molecular weight excluding hydrogens is 270 g/mol. The van der Waals surface area contributed by atoms with Crippen molar-refractivity contribution in [2.45, 2.75) is 26.3 Å². The second-order valence-electron chi connectivity index (χ2n) is 5.10. The molecule has 6 heteroatoms. The van der Waals surface area contributed by atoms with Crippen LogP contribution in [-0.2, 0) is 0 Å². The van der Waals surface area contributed by atoms with Gasteiger partial charge in [0.25, 0.3) is 0 Å². The van der Waals surface area contributed by atoms with Gasteiger partial charge in [-0.25, -0.2) is 14.8 Å². The number of aliphatic hydroxyl groups is 1. The molecule has 0 atom stereocenters. The molecule has 0 bridgehead atoms. The van der Waals surface area contributed by atoms with E-state index in [1.54, 1.807) is 18.2 Å². The average Bonchev–Trinajstić information content (AvgIpc) is 2.46. The molecule has 21 heavy (non-hydrogen) atoms. The van der Waals surface area contributed by atoms with Crippen molar-refractivity contribution in [3.05, 3.63) is 30.1 Å². The fourth-order valence-corrected chi connectivity index (χ4v) is 2.25. The summed E-state index contributed by atoms with van der Waals surface area (Å²) in [5.74, 6) is -0.210. The summed E-state index contributed by atoms with van der Waals surface area (Å²) in [6, 6.07) is 5.06. The molecule has 2 rings (SSSR count). The van der Waals surface area contributed by atoms with Gasteiger partial charge in [-0.15, -0.1) is 0 Å². The maximum atomic E-state index is 11.0. The van der Waals surface area contributed by atoms with Gasteiger partial charge >= 0.3 is 5.97 Å². The number of rotatable bonds is 6. The first-order valence-corrected chi connectivity index (χ1v) is 6.90. The molecule has 0 saturated heterocycles. The third kappa shape index (κ3) is 3.28. The van der Waals surface area contributed by atoms with E-state index in [0.29, 0.717) is 18.5 Å². The Balaban J connectivity index is 2.49. The van der Waals surface area contributed by atoms with Gasteiger partial charge in [-0.3, -0.25) is 0 Å². The summed E-state index contributed by atoms with van der Waals surface area (Å²) >= 11 is 0. The van der Waals surface area contributed by atoms with Crippen molar-refractivity contribution in [3.63, 3.8) is 0 Å². The third-order valence-corrected chi connectivity index (χ3v) is 3.31. The van der Waals surface area contributed by atoms with E-state index in [-0.39, 0.29) is 18.2 Å². The molecule has 1 aromatic carbocycles. The van der Waals surface area contributed by atoms with Crippen molar-refractivity contribution >= 4 is 22.7 Å². The van der Waals surface area contributed by atoms with Gasteiger partial charge in [0.15, 0.2) is 0 Å². The zero-order valence-electron chi connectivity index (χ0n) is 12.2. The van der Waals surface area contributed by atoms with Crippen LogP contribution in [0, 0.1) is 0 Å². The Morgan fingerprint density at radius 2 is 2.10 bits per heavy atom. The molecule has 0 radical (unpaired) electrons. The van der Waals surface area contributed by atoms with Gasteiger partial charge in [0, 0.05) is 24.6 Å². The van der Waals surface area contributed by atoms with Gasteiger partial charge in [0.2, 0.25) is 0 Å². The van der Waals surface area contributed by atoms with Crippen molar-refractivity contribution in [2.75, 3.05) is 18.1 Å². The Hall–Kier alpha value is -2.21. The van der Waals surface area contributed by atoms with Gasteiger partial charge in [-0.05, 0) is 38.5 Å². The number of aromatic carboxylic acids is 1. The number of aromatic nitrogens is 2. The molecule has 0 amide bonds. The number of carboxylic acids is 1. The fraction of sp³-hybridized carbons (Fsp3) is 0.400. The van der Waals surface area contributed by atoms with Crippen molar-refractivity contribution in [2.24, 2.45) is 0 Å². The van der Waals surface area contributed by atoms with E-state index in [2.05, 4.69) is 28.7 Å². The van der Waals surface area contributed by atoms with E-state index in [1.807, 2.05) is 0 Å². The molecule has 0 saturated carbocycles. The predicted octanol–water partition coefficient (Wildman–Crippen LogP) is 1.93. The highest BCUT2D eigenvalue weighted by Crippen LogP contribution is 2.25. The smallest absolute Gasteiger partial charge is 0.335 e. The lowest BCUT2D eigenvalue weighted by atomic mass is 10.1. The van der Waals surface area contributed by atoms with Crippen LogP contribution in [-0.4, -0.2) is 45.3 Å². The minimum Gasteiger partial charge on any atom is -0.478 e. The summed E-state index contributed by atoms with van der Waals surface area (Å²) in [6.07, 6.45) is 2.09. The van der Waals surface area contributed by atoms with Crippen LogP contribution in [0.25, 0.3) is 10.9 Å². The van der Waals surface area contributed by atoms with E-state index in [9.17, 15) is 4.79 Å². The fourth-order valence-electron chi connectivity index (χ4n) is 2.25. The summed E-state index contributed by atoms with van der Waals surface area (Å²) < 4.78 is 0. The van der Waals surface area contributed by atoms with E-state index >= 15 is 0 Å². The van der Waals surface area contributed by atoms with Gasteiger partial charge in [-0.2, -0.15) is 0 Å². The lowest BCUT2D eigenvalue weighted by Gasteiger charge is -2.28. The Morgan fingerprint density at radius 3 is 2.71 bits per heavy atom. The molecule has 0 unspecified atom stereocenters. The first-order valence-electron chi connectivity index (χ1n) is 6.90. The minimum absolute atomic E-state index is 0.120. The van der Waals surface area contributed by atoms with Gasteiger partial charge in [0.1, 0.15) is 12.1 Å². The number of carbonyl (C=O) groups is 1. The molecular formula is C15H19N3O3. The Labute approximate surface area is 123 Å². The first-order chi connectivity index (χ1) is 10.0. The summed E-state index contributed by atoms with van der Waals surface area (Å²) in [5.41, 5.74) is 0.813. The van der Waals surface area contributed by atoms with Gasteiger partial charge < -0.3 is 15.1 Å². The van der Waals surface area contributed by atoms with Crippen LogP contribution in [0.4, 0.5) is 5.82 Å². The van der Waals surface area contributed by atoms with Crippen LogP contribution in [0.15, 0.2) is 24.5 Å². The monoisotopic (exact) mass is 289 g/mol. The molecule has 0 aliphatic rings. The lowest BCUT2D eigenvalue weighted by Crippen LogP contribution is -2.33. The Morgan fingerprint density at radius 1 is 1.33 bits per heavy atom. The van der Waals surface area contributed by atoms with Crippen LogP contribution >= 0.6 is 0 Å². The summed E-state index contributed by atoms with van der Waals surface area (Å²) in [7, 11) is 0. The maximum Gasteiger partial charge on any atom is 0.335 e. The molecule has 2 aromatic rings. The number of anilines is 1. The Kier molecular flexibility index (Phi) is 4.70. The number of benzene rings is 1. The van der Waals surface area contributed by atoms with Crippen molar-refractivity contribution in [1.29, 1.82) is 0 Å². The minimum atomic E-state index is -0.974. The SMILES string of the molecule is CC(C)N(CCCO)c1ncnc2cc(C(=O)O)ccc12. The van der Waals surface area contributed by atoms with E-state index < -0.39 is 5.97 Å². The molecule has 6 nitrogen and oxygen atoms in total. The van der Waals surface area contributed by atoms with Crippen molar-refractivity contribution < 1.29 is 15.0 Å². The number of carboxylic acid groups (broad SMARTS) is 1. The van der Waals surface area contributed by atoms with E-state index in [1.165, 1.54) is 6.33 Å². The largest absolute Gasteiger partial charge is 0.478 e. The normalized spacial score (nSPS) is 11.0. The van der Waals surface area contributed by atoms with E-state index in [0.717, 1.165) is 11.2 Å². The van der Waals surface area contributed by atoms with E-state index in [4.69, 9.17) is 10.2 Å². The van der Waals surface area contributed by atoms with Crippen LogP contribution in [0.2, 0.25) is 0 Å². The second-order valence-corrected chi connectivity index (χ2v) is 5.10. The highest BCUT2D eigenvalue weighted by Gasteiger charge is 2.16. The molecule has 0 aliphatic heterocycles. The van der Waals surface area contributed by atoms with Gasteiger partial charge in [-0.1, -0.05) is 0 Å². The summed E-state index contributed by atoms with van der Waals surface area (Å²) in [6.45, 7) is 4.91. The predicted molar refractivity (Wildman–Crippen MR) is 80.7 cm³/mol. The topological polar surface area (TPSA) is 86.5 Å². The molecule has 112 valence electrons. The standard InChI is InChI=1S/C15H19N3O3/c1-10(2)18(6-3-7-19)14-12-5-4-11(15(20)21)8-13(12)16-9-17-14/h4-5,8-10,19H,3,6-7H2,1-2H3,(H,20,21). The molecule has 0 spiro atoms. The molecule has 1 heterocycles. The Bertz CT molecular complexity index is 643. The first kappa shape index (κ1) is 15.2. The van der Waals surface area contributed by atoms with Crippen LogP contribution in [0.3, 0.4) is 0 Å². The van der Waals surface area contributed by atoms with Crippen molar-refractivity contribution in [1.82, 2.24) is 9.97 Å². The maximum absolute atomic E-state index is 11.0. The third-order valence-electron chi connectivity index (χ3n) is 3.31. The van der Waals surface area contributed by atoms with Crippen molar-refractivity contribution in [3.8, 4) is 0 Å². The van der Waals surface area contributed by atoms with Crippen LogP contribution < -0.4 is 4.90 Å². The lowest BCUT2D eigenvalue weighted by molar-refractivity contribution is 0.0697. The highest BCUT2D eigenvalue weighted by molar-refractivity contribution is 5.96. The summed E-state index contributed by atoms with van der Waals surface area (Å²) in [5, 5.41) is 18.9. The zero-order valence-corrected chi connectivity index (χ0v) is 12.2. The van der Waals surface area contributed by atoms with Gasteiger partial charge in [0.05, 0.1) is 11.1 Å². The molecule has 0 aliphatic carbocycles. The number of fused-ring (bicyclic) bond motifs is 1. The second kappa shape index (κ2) is 6.49. The average molecular weight is 289 g/mol. The quantitative estimate of drug-likeness (QED) is 0.845. The number of hydrogen-bond acceptors (Lipinski definition) is 5. The molecule has 0 fully saturated rings. The molecule has 1 aromatic heterocycles. The van der Waals surface area contributed by atoms with Crippen LogP contribution in [0.1, 0.15) is 30.6 Å². The summed E-state index contributed by atoms with van der Waals surface area (Å²) in [4.78, 5) is 21.6.